The summed E-state index contributed by atoms with van der Waals surface area (Å²) >= 11 is 1.33. The van der Waals surface area contributed by atoms with E-state index in [4.69, 9.17) is 0 Å². The van der Waals surface area contributed by atoms with E-state index in [9.17, 15) is 4.79 Å². The van der Waals surface area contributed by atoms with E-state index in [1.54, 1.807) is 19.3 Å². The van der Waals surface area contributed by atoms with E-state index >= 15 is 0 Å². The zero-order chi connectivity index (χ0) is 10.4. The third-order valence-electron chi connectivity index (χ3n) is 1.78. The summed E-state index contributed by atoms with van der Waals surface area (Å²) in [5, 5.41) is 0.156. The van der Waals surface area contributed by atoms with Crippen LogP contribution >= 0.6 is 11.8 Å². The number of carbonyl (C=O) groups is 1. The molecular formula is C10H14N2OS. The van der Waals surface area contributed by atoms with Gasteiger partial charge in [-0.15, -0.1) is 0 Å². The van der Waals surface area contributed by atoms with Crippen LogP contribution < -0.4 is 0 Å². The van der Waals surface area contributed by atoms with Gasteiger partial charge in [0.1, 0.15) is 0 Å². The Hall–Kier alpha value is -0.900. The maximum atomic E-state index is 10.7. The van der Waals surface area contributed by atoms with Gasteiger partial charge in [0.15, 0.2) is 5.12 Å². The van der Waals surface area contributed by atoms with Crippen LogP contribution in [0.3, 0.4) is 0 Å². The molecule has 0 bridgehead atoms. The lowest BCUT2D eigenvalue weighted by molar-refractivity contribution is -0.109. The van der Waals surface area contributed by atoms with Gasteiger partial charge < -0.3 is 0 Å². The molecule has 0 radical (unpaired) electrons. The van der Waals surface area contributed by atoms with E-state index in [-0.39, 0.29) is 5.12 Å². The monoisotopic (exact) mass is 210 g/mol. The fourth-order valence-corrected chi connectivity index (χ4v) is 1.59. The number of thioether (sulfide) groups is 1. The number of rotatable bonds is 4. The Morgan fingerprint density at radius 2 is 2.00 bits per heavy atom. The van der Waals surface area contributed by atoms with Crippen LogP contribution in [-0.4, -0.2) is 20.8 Å². The summed E-state index contributed by atoms with van der Waals surface area (Å²) < 4.78 is 0. The van der Waals surface area contributed by atoms with Gasteiger partial charge in [0.05, 0.1) is 11.4 Å². The number of hydrogen-bond donors (Lipinski definition) is 0. The number of hydrogen-bond acceptors (Lipinski definition) is 4. The predicted octanol–water partition coefficient (Wildman–Crippen LogP) is 1.86. The average molecular weight is 210 g/mol. The third-order valence-corrected chi connectivity index (χ3v) is 2.60. The van der Waals surface area contributed by atoms with Gasteiger partial charge >= 0.3 is 0 Å². The highest BCUT2D eigenvalue weighted by Crippen LogP contribution is 2.05. The van der Waals surface area contributed by atoms with Crippen molar-refractivity contribution in [3.63, 3.8) is 0 Å². The Bertz CT molecular complexity index is 297. The first-order chi connectivity index (χ1) is 6.72. The van der Waals surface area contributed by atoms with Gasteiger partial charge in [0.2, 0.25) is 0 Å². The largest absolute Gasteiger partial charge is 0.288 e. The SMILES string of the molecule is CCc1cnc(CCSC(C)=O)cn1. The van der Waals surface area contributed by atoms with Crippen molar-refractivity contribution in [2.45, 2.75) is 26.7 Å². The lowest BCUT2D eigenvalue weighted by Gasteiger charge is -1.99. The summed E-state index contributed by atoms with van der Waals surface area (Å²) in [4.78, 5) is 19.2. The zero-order valence-electron chi connectivity index (χ0n) is 8.49. The molecule has 1 heterocycles. The minimum Gasteiger partial charge on any atom is -0.288 e. The second-order valence-corrected chi connectivity index (χ2v) is 4.21. The van der Waals surface area contributed by atoms with E-state index in [0.29, 0.717) is 0 Å². The lowest BCUT2D eigenvalue weighted by atomic mass is 10.3. The van der Waals surface area contributed by atoms with Gasteiger partial charge in [-0.2, -0.15) is 0 Å². The highest BCUT2D eigenvalue weighted by atomic mass is 32.2. The summed E-state index contributed by atoms with van der Waals surface area (Å²) in [5.41, 5.74) is 1.96. The summed E-state index contributed by atoms with van der Waals surface area (Å²) in [6, 6.07) is 0. The van der Waals surface area contributed by atoms with E-state index < -0.39 is 0 Å². The van der Waals surface area contributed by atoms with Crippen molar-refractivity contribution in [3.8, 4) is 0 Å². The zero-order valence-corrected chi connectivity index (χ0v) is 9.30. The van der Waals surface area contributed by atoms with Crippen LogP contribution in [-0.2, 0) is 17.6 Å². The first-order valence-corrected chi connectivity index (χ1v) is 5.64. The molecule has 1 rings (SSSR count). The van der Waals surface area contributed by atoms with Crippen LogP contribution in [0.1, 0.15) is 25.2 Å². The molecule has 0 N–H and O–H groups in total. The Morgan fingerprint density at radius 3 is 2.50 bits per heavy atom. The maximum absolute atomic E-state index is 10.7. The first kappa shape index (κ1) is 11.2. The molecule has 76 valence electrons. The van der Waals surface area contributed by atoms with E-state index in [1.165, 1.54) is 11.8 Å². The molecule has 4 heteroatoms. The van der Waals surface area contributed by atoms with E-state index in [2.05, 4.69) is 16.9 Å². The smallest absolute Gasteiger partial charge is 0.185 e. The van der Waals surface area contributed by atoms with Gasteiger partial charge in [0, 0.05) is 31.5 Å². The van der Waals surface area contributed by atoms with Crippen molar-refractivity contribution in [2.24, 2.45) is 0 Å². The minimum absolute atomic E-state index is 0.156. The topological polar surface area (TPSA) is 42.9 Å². The van der Waals surface area contributed by atoms with Crippen LogP contribution in [0.2, 0.25) is 0 Å². The predicted molar refractivity (Wildman–Crippen MR) is 58.3 cm³/mol. The normalized spacial score (nSPS) is 10.1. The van der Waals surface area contributed by atoms with Gasteiger partial charge in [-0.25, -0.2) is 0 Å². The molecule has 0 spiro atoms. The summed E-state index contributed by atoms with van der Waals surface area (Å²) in [6.07, 6.45) is 5.31. The fourth-order valence-electron chi connectivity index (χ4n) is 0.993. The Labute approximate surface area is 88.3 Å². The van der Waals surface area contributed by atoms with E-state index in [1.807, 2.05) is 0 Å². The average Bonchev–Trinajstić information content (AvgIpc) is 2.18. The quantitative estimate of drug-likeness (QED) is 0.760. The second kappa shape index (κ2) is 5.75. The number of aryl methyl sites for hydroxylation is 2. The number of aromatic nitrogens is 2. The lowest BCUT2D eigenvalue weighted by Crippen LogP contribution is -1.97. The molecule has 0 aromatic carbocycles. The molecule has 0 aliphatic carbocycles. The van der Waals surface area contributed by atoms with Crippen LogP contribution in [0.25, 0.3) is 0 Å². The molecule has 0 saturated carbocycles. The van der Waals surface area contributed by atoms with Crippen molar-refractivity contribution in [1.29, 1.82) is 0 Å². The van der Waals surface area contributed by atoms with Crippen LogP contribution in [0.5, 0.6) is 0 Å². The number of carbonyl (C=O) groups excluding carboxylic acids is 1. The Balaban J connectivity index is 2.40. The Morgan fingerprint density at radius 1 is 1.36 bits per heavy atom. The summed E-state index contributed by atoms with van der Waals surface area (Å²) in [6.45, 7) is 3.63. The molecule has 0 aliphatic heterocycles. The molecule has 1 aromatic heterocycles. The van der Waals surface area contributed by atoms with Crippen molar-refractivity contribution in [1.82, 2.24) is 9.97 Å². The van der Waals surface area contributed by atoms with Crippen molar-refractivity contribution >= 4 is 16.9 Å². The molecule has 3 nitrogen and oxygen atoms in total. The molecule has 0 aliphatic rings. The second-order valence-electron chi connectivity index (χ2n) is 2.94. The molecule has 0 atom stereocenters. The van der Waals surface area contributed by atoms with Gasteiger partial charge in [0.25, 0.3) is 0 Å². The minimum atomic E-state index is 0.156. The third kappa shape index (κ3) is 3.87. The number of nitrogens with zero attached hydrogens (tertiary/aromatic N) is 2. The van der Waals surface area contributed by atoms with Crippen LogP contribution in [0.15, 0.2) is 12.4 Å². The van der Waals surface area contributed by atoms with Crippen molar-refractivity contribution in [2.75, 3.05) is 5.75 Å². The molecule has 0 saturated heterocycles. The van der Waals surface area contributed by atoms with Crippen molar-refractivity contribution < 1.29 is 4.79 Å². The molecule has 1 aromatic rings. The standard InChI is InChI=1S/C10H14N2OS/c1-3-9-6-12-10(7-11-9)4-5-14-8(2)13/h6-7H,3-5H2,1-2H3. The van der Waals surface area contributed by atoms with Gasteiger partial charge in [-0.3, -0.25) is 14.8 Å². The summed E-state index contributed by atoms with van der Waals surface area (Å²) in [5.74, 6) is 0.787. The molecule has 0 amide bonds. The maximum Gasteiger partial charge on any atom is 0.185 e. The van der Waals surface area contributed by atoms with E-state index in [0.717, 1.165) is 30.0 Å². The first-order valence-electron chi connectivity index (χ1n) is 4.65. The van der Waals surface area contributed by atoms with Crippen LogP contribution in [0.4, 0.5) is 0 Å². The fraction of sp³-hybridized carbons (Fsp3) is 0.500. The highest BCUT2D eigenvalue weighted by molar-refractivity contribution is 8.13. The van der Waals surface area contributed by atoms with Gasteiger partial charge in [-0.1, -0.05) is 18.7 Å². The molecule has 0 unspecified atom stereocenters. The van der Waals surface area contributed by atoms with Gasteiger partial charge in [-0.05, 0) is 6.42 Å². The molecular weight excluding hydrogens is 196 g/mol. The molecule has 14 heavy (non-hydrogen) atoms. The Kier molecular flexibility index (Phi) is 4.59. The summed E-state index contributed by atoms with van der Waals surface area (Å²) in [7, 11) is 0. The molecule has 0 fully saturated rings. The van der Waals surface area contributed by atoms with Crippen molar-refractivity contribution in [3.05, 3.63) is 23.8 Å². The highest BCUT2D eigenvalue weighted by Gasteiger charge is 1.98. The van der Waals surface area contributed by atoms with Crippen LogP contribution in [0, 0.1) is 0 Å².